The summed E-state index contributed by atoms with van der Waals surface area (Å²) in [7, 11) is 1.62. The van der Waals surface area contributed by atoms with E-state index >= 15 is 0 Å². The molecule has 1 unspecified atom stereocenters. The molecule has 27 heavy (non-hydrogen) atoms. The number of carbonyl (C=O) groups is 2. The zero-order valence-electron chi connectivity index (χ0n) is 15.8. The molecular weight excluding hydrogens is 346 g/mol. The lowest BCUT2D eigenvalue weighted by Gasteiger charge is -2.34. The van der Waals surface area contributed by atoms with E-state index < -0.39 is 0 Å². The zero-order valence-corrected chi connectivity index (χ0v) is 15.8. The first-order valence-electron chi connectivity index (χ1n) is 9.84. The van der Waals surface area contributed by atoms with E-state index in [9.17, 15) is 9.59 Å². The van der Waals surface area contributed by atoms with Crippen LogP contribution in [0.4, 0.5) is 15.3 Å². The van der Waals surface area contributed by atoms with E-state index in [-0.39, 0.29) is 24.2 Å². The van der Waals surface area contributed by atoms with Crippen molar-refractivity contribution in [2.45, 2.75) is 57.2 Å². The van der Waals surface area contributed by atoms with Crippen molar-refractivity contribution >= 4 is 17.8 Å². The van der Waals surface area contributed by atoms with Crippen molar-refractivity contribution in [2.75, 3.05) is 25.2 Å². The molecule has 1 aliphatic carbocycles. The fraction of sp³-hybridized carbons (Fsp3) is 0.600. The number of ether oxygens (including phenoxy) is 2. The summed E-state index contributed by atoms with van der Waals surface area (Å²) in [6, 6.07) is 5.84. The van der Waals surface area contributed by atoms with Crippen molar-refractivity contribution in [3.05, 3.63) is 23.8 Å². The number of nitrogens with zero attached hydrogens (tertiary/aromatic N) is 2. The van der Waals surface area contributed by atoms with Crippen molar-refractivity contribution in [2.24, 2.45) is 0 Å². The van der Waals surface area contributed by atoms with Gasteiger partial charge in [0.25, 0.3) is 0 Å². The molecule has 3 amide bonds. The highest BCUT2D eigenvalue weighted by atomic mass is 16.6. The molecule has 1 saturated heterocycles. The van der Waals surface area contributed by atoms with Crippen LogP contribution in [-0.4, -0.2) is 49.4 Å². The van der Waals surface area contributed by atoms with Crippen LogP contribution in [-0.2, 0) is 11.3 Å². The Hall–Kier alpha value is -2.44. The second-order valence-corrected chi connectivity index (χ2v) is 7.59. The van der Waals surface area contributed by atoms with Crippen molar-refractivity contribution in [1.82, 2.24) is 10.2 Å². The van der Waals surface area contributed by atoms with Crippen LogP contribution >= 0.6 is 0 Å². The number of hydrogen-bond donors (Lipinski definition) is 1. The molecule has 1 atom stereocenters. The fourth-order valence-corrected chi connectivity index (χ4v) is 4.29. The van der Waals surface area contributed by atoms with Gasteiger partial charge in [-0.2, -0.15) is 0 Å². The van der Waals surface area contributed by atoms with E-state index in [0.29, 0.717) is 31.9 Å². The molecule has 7 heteroatoms. The van der Waals surface area contributed by atoms with Gasteiger partial charge in [0.1, 0.15) is 12.4 Å². The smallest absolute Gasteiger partial charge is 0.414 e. The summed E-state index contributed by atoms with van der Waals surface area (Å²) in [6.07, 6.45) is 6.13. The number of methoxy groups -OCH3 is 1. The standard InChI is InChI=1S/C20H27N3O4/c1-26-17-7-8-18-14(11-17)12-22(10-9-16-13-27-20(25)23(16)18)19(24)21-15-5-3-2-4-6-15/h7-8,11,15-16H,2-6,9-10,12-13H2,1H3,(H,21,24). The van der Waals surface area contributed by atoms with E-state index in [1.807, 2.05) is 23.1 Å². The normalized spacial score (nSPS) is 23.0. The highest BCUT2D eigenvalue weighted by Crippen LogP contribution is 2.34. The Morgan fingerprint density at radius 2 is 2.04 bits per heavy atom. The molecule has 0 bridgehead atoms. The number of amides is 3. The number of hydrogen-bond acceptors (Lipinski definition) is 4. The molecule has 1 saturated carbocycles. The Balaban J connectivity index is 1.58. The average molecular weight is 373 g/mol. The van der Waals surface area contributed by atoms with Gasteiger partial charge in [-0.1, -0.05) is 19.3 Å². The van der Waals surface area contributed by atoms with Gasteiger partial charge < -0.3 is 19.7 Å². The summed E-state index contributed by atoms with van der Waals surface area (Å²) in [4.78, 5) is 28.8. The second-order valence-electron chi connectivity index (χ2n) is 7.59. The van der Waals surface area contributed by atoms with Crippen molar-refractivity contribution in [3.8, 4) is 5.75 Å². The topological polar surface area (TPSA) is 71.1 Å². The molecule has 2 fully saturated rings. The van der Waals surface area contributed by atoms with E-state index in [4.69, 9.17) is 9.47 Å². The minimum Gasteiger partial charge on any atom is -0.497 e. The van der Waals surface area contributed by atoms with Gasteiger partial charge in [0.05, 0.1) is 18.8 Å². The van der Waals surface area contributed by atoms with Crippen LogP contribution < -0.4 is 15.0 Å². The lowest BCUT2D eigenvalue weighted by molar-refractivity contribution is 0.175. The molecule has 1 aromatic rings. The van der Waals surface area contributed by atoms with Gasteiger partial charge >= 0.3 is 12.1 Å². The Labute approximate surface area is 159 Å². The van der Waals surface area contributed by atoms with Crippen LogP contribution in [0.2, 0.25) is 0 Å². The first-order chi connectivity index (χ1) is 13.2. The summed E-state index contributed by atoms with van der Waals surface area (Å²) in [5.41, 5.74) is 1.70. The van der Waals surface area contributed by atoms with Crippen LogP contribution in [0.3, 0.4) is 0 Å². The summed E-state index contributed by atoms with van der Waals surface area (Å²) in [6.45, 7) is 1.40. The molecule has 7 nitrogen and oxygen atoms in total. The number of anilines is 1. The lowest BCUT2D eigenvalue weighted by atomic mass is 9.96. The molecular formula is C20H27N3O4. The first kappa shape index (κ1) is 17.9. The number of carbonyl (C=O) groups excluding carboxylic acids is 2. The van der Waals surface area contributed by atoms with Gasteiger partial charge in [-0.05, 0) is 43.0 Å². The largest absolute Gasteiger partial charge is 0.497 e. The average Bonchev–Trinajstić information content (AvgIpc) is 3.03. The predicted molar refractivity (Wildman–Crippen MR) is 101 cm³/mol. The molecule has 2 heterocycles. The number of fused-ring (bicyclic) bond motifs is 3. The Kier molecular flexibility index (Phi) is 5.09. The molecule has 146 valence electrons. The number of urea groups is 1. The molecule has 1 aromatic carbocycles. The van der Waals surface area contributed by atoms with Crippen molar-refractivity contribution in [1.29, 1.82) is 0 Å². The summed E-state index contributed by atoms with van der Waals surface area (Å²) in [5, 5.41) is 3.21. The van der Waals surface area contributed by atoms with Crippen LogP contribution in [0.25, 0.3) is 0 Å². The Morgan fingerprint density at radius 1 is 1.22 bits per heavy atom. The molecule has 3 aliphatic rings. The zero-order chi connectivity index (χ0) is 18.8. The summed E-state index contributed by atoms with van der Waals surface area (Å²) >= 11 is 0. The first-order valence-corrected chi connectivity index (χ1v) is 9.84. The molecule has 0 radical (unpaired) electrons. The van der Waals surface area contributed by atoms with Crippen LogP contribution in [0, 0.1) is 0 Å². The lowest BCUT2D eigenvalue weighted by Crippen LogP contribution is -2.48. The highest BCUT2D eigenvalue weighted by molar-refractivity contribution is 5.91. The monoisotopic (exact) mass is 373 g/mol. The van der Waals surface area contributed by atoms with Gasteiger partial charge in [-0.25, -0.2) is 9.59 Å². The number of nitrogens with one attached hydrogen (secondary N) is 1. The minimum atomic E-state index is -0.313. The molecule has 0 spiro atoms. The SMILES string of the molecule is COc1ccc2c(c1)CN(C(=O)NC1CCCCC1)CCC1COC(=O)N21. The van der Waals surface area contributed by atoms with Crippen LogP contribution in [0.5, 0.6) is 5.75 Å². The van der Waals surface area contributed by atoms with Gasteiger partial charge in [0.2, 0.25) is 0 Å². The Morgan fingerprint density at radius 3 is 2.81 bits per heavy atom. The predicted octanol–water partition coefficient (Wildman–Crippen LogP) is 3.27. The van der Waals surface area contributed by atoms with Gasteiger partial charge in [0.15, 0.2) is 0 Å². The highest BCUT2D eigenvalue weighted by Gasteiger charge is 2.38. The maximum absolute atomic E-state index is 12.9. The fourth-order valence-electron chi connectivity index (χ4n) is 4.29. The third-order valence-electron chi connectivity index (χ3n) is 5.82. The van der Waals surface area contributed by atoms with Crippen molar-refractivity contribution < 1.29 is 19.1 Å². The quantitative estimate of drug-likeness (QED) is 0.864. The molecule has 1 N–H and O–H groups in total. The van der Waals surface area contributed by atoms with Gasteiger partial charge in [0, 0.05) is 19.1 Å². The van der Waals surface area contributed by atoms with Gasteiger partial charge in [-0.15, -0.1) is 0 Å². The molecule has 2 aliphatic heterocycles. The Bertz CT molecular complexity index is 717. The van der Waals surface area contributed by atoms with E-state index in [2.05, 4.69) is 5.32 Å². The third kappa shape index (κ3) is 3.68. The maximum Gasteiger partial charge on any atom is 0.414 e. The third-order valence-corrected chi connectivity index (χ3v) is 5.82. The van der Waals surface area contributed by atoms with Gasteiger partial charge in [-0.3, -0.25) is 4.90 Å². The van der Waals surface area contributed by atoms with Crippen molar-refractivity contribution in [3.63, 3.8) is 0 Å². The molecule has 0 aromatic heterocycles. The van der Waals surface area contributed by atoms with E-state index in [1.54, 1.807) is 12.0 Å². The van der Waals surface area contributed by atoms with Crippen LogP contribution in [0.1, 0.15) is 44.1 Å². The second kappa shape index (κ2) is 7.66. The number of benzene rings is 1. The summed E-state index contributed by atoms with van der Waals surface area (Å²) in [5.74, 6) is 0.714. The minimum absolute atomic E-state index is 0.0191. The molecule has 4 rings (SSSR count). The number of rotatable bonds is 2. The maximum atomic E-state index is 12.9. The van der Waals surface area contributed by atoms with E-state index in [1.165, 1.54) is 19.3 Å². The number of cyclic esters (lactones) is 1. The van der Waals surface area contributed by atoms with E-state index in [0.717, 1.165) is 24.1 Å². The summed E-state index contributed by atoms with van der Waals surface area (Å²) < 4.78 is 10.6. The van der Waals surface area contributed by atoms with Crippen LogP contribution in [0.15, 0.2) is 18.2 Å².